The van der Waals surface area contributed by atoms with E-state index < -0.39 is 18.5 Å². The Morgan fingerprint density at radius 2 is 2.00 bits per heavy atom. The Labute approximate surface area is 63.8 Å². The summed E-state index contributed by atoms with van der Waals surface area (Å²) in [6.07, 6.45) is -0.0889. The molecule has 0 amide bonds. The van der Waals surface area contributed by atoms with Gasteiger partial charge in [0, 0.05) is 12.8 Å². The fourth-order valence-corrected chi connectivity index (χ4v) is 0.733. The lowest BCUT2D eigenvalue weighted by Crippen LogP contribution is -2.21. The van der Waals surface area contributed by atoms with Crippen LogP contribution in [0.3, 0.4) is 0 Å². The quantitative estimate of drug-likeness (QED) is 0.630. The standard InChI is InChI=1S/C7H10F3N/c1-2-3-6(5-11)4-7(8,9)10/h1,6H,3-5,11H2/t6-/m1/s1. The van der Waals surface area contributed by atoms with Crippen molar-refractivity contribution < 1.29 is 13.2 Å². The molecular weight excluding hydrogens is 155 g/mol. The summed E-state index contributed by atoms with van der Waals surface area (Å²) in [7, 11) is 0. The molecule has 1 nitrogen and oxygen atoms in total. The largest absolute Gasteiger partial charge is 0.389 e. The van der Waals surface area contributed by atoms with Gasteiger partial charge in [-0.3, -0.25) is 0 Å². The van der Waals surface area contributed by atoms with Crippen molar-refractivity contribution in [3.05, 3.63) is 0 Å². The Hall–Kier alpha value is -0.690. The Kier molecular flexibility index (Phi) is 3.98. The summed E-state index contributed by atoms with van der Waals surface area (Å²) in [5, 5.41) is 0. The third-order valence-electron chi connectivity index (χ3n) is 1.26. The zero-order valence-electron chi connectivity index (χ0n) is 5.99. The van der Waals surface area contributed by atoms with Crippen LogP contribution >= 0.6 is 0 Å². The van der Waals surface area contributed by atoms with E-state index in [1.165, 1.54) is 0 Å². The molecule has 0 aromatic rings. The second-order valence-electron chi connectivity index (χ2n) is 2.33. The maximum atomic E-state index is 11.7. The van der Waals surface area contributed by atoms with Gasteiger partial charge in [0.15, 0.2) is 0 Å². The third-order valence-corrected chi connectivity index (χ3v) is 1.26. The van der Waals surface area contributed by atoms with Crippen LogP contribution in [0.5, 0.6) is 0 Å². The summed E-state index contributed by atoms with van der Waals surface area (Å²) in [6.45, 7) is -0.0102. The second-order valence-corrected chi connectivity index (χ2v) is 2.33. The Morgan fingerprint density at radius 1 is 1.45 bits per heavy atom. The minimum atomic E-state index is -4.15. The third kappa shape index (κ3) is 5.74. The number of rotatable bonds is 3. The monoisotopic (exact) mass is 165 g/mol. The van der Waals surface area contributed by atoms with Gasteiger partial charge in [-0.05, 0) is 12.5 Å². The number of hydrogen-bond donors (Lipinski definition) is 1. The van der Waals surface area contributed by atoms with Crippen molar-refractivity contribution in [1.29, 1.82) is 0 Å². The highest BCUT2D eigenvalue weighted by Crippen LogP contribution is 2.25. The normalized spacial score (nSPS) is 14.1. The summed E-state index contributed by atoms with van der Waals surface area (Å²) < 4.78 is 35.1. The zero-order valence-corrected chi connectivity index (χ0v) is 5.99. The lowest BCUT2D eigenvalue weighted by Gasteiger charge is -2.13. The average molecular weight is 165 g/mol. The molecule has 0 rings (SSSR count). The van der Waals surface area contributed by atoms with Crippen LogP contribution in [0.1, 0.15) is 12.8 Å². The summed E-state index contributed by atoms with van der Waals surface area (Å²) in [4.78, 5) is 0. The summed E-state index contributed by atoms with van der Waals surface area (Å²) in [5.74, 6) is 1.54. The predicted molar refractivity (Wildman–Crippen MR) is 36.7 cm³/mol. The van der Waals surface area contributed by atoms with Crippen LogP contribution in [-0.4, -0.2) is 12.7 Å². The van der Waals surface area contributed by atoms with Gasteiger partial charge < -0.3 is 5.73 Å². The van der Waals surface area contributed by atoms with Crippen LogP contribution < -0.4 is 5.73 Å². The molecule has 0 spiro atoms. The highest BCUT2D eigenvalue weighted by atomic mass is 19.4. The van der Waals surface area contributed by atoms with Gasteiger partial charge in [-0.1, -0.05) is 0 Å². The van der Waals surface area contributed by atoms with Crippen LogP contribution in [0.2, 0.25) is 0 Å². The Balaban J connectivity index is 3.80. The molecule has 0 fully saturated rings. The maximum Gasteiger partial charge on any atom is 0.389 e. The first kappa shape index (κ1) is 10.3. The summed E-state index contributed by atoms with van der Waals surface area (Å²) in [5.41, 5.74) is 5.07. The van der Waals surface area contributed by atoms with Crippen LogP contribution in [-0.2, 0) is 0 Å². The lowest BCUT2D eigenvalue weighted by molar-refractivity contribution is -0.143. The lowest BCUT2D eigenvalue weighted by atomic mass is 10.0. The number of nitrogens with two attached hydrogens (primary N) is 1. The van der Waals surface area contributed by atoms with E-state index in [-0.39, 0.29) is 13.0 Å². The van der Waals surface area contributed by atoms with Crippen LogP contribution in [0.25, 0.3) is 0 Å². The molecule has 64 valence electrons. The number of alkyl halides is 3. The van der Waals surface area contributed by atoms with Gasteiger partial charge >= 0.3 is 6.18 Å². The SMILES string of the molecule is C#CC[C@@H](CN)CC(F)(F)F. The first-order valence-corrected chi connectivity index (χ1v) is 3.20. The van der Waals surface area contributed by atoms with Crippen molar-refractivity contribution in [3.8, 4) is 12.3 Å². The molecule has 1 atom stereocenters. The van der Waals surface area contributed by atoms with Gasteiger partial charge in [0.25, 0.3) is 0 Å². The van der Waals surface area contributed by atoms with E-state index in [1.807, 2.05) is 0 Å². The molecule has 0 radical (unpaired) electrons. The van der Waals surface area contributed by atoms with Crippen molar-refractivity contribution in [1.82, 2.24) is 0 Å². The molecule has 0 saturated carbocycles. The molecule has 0 unspecified atom stereocenters. The fourth-order valence-electron chi connectivity index (χ4n) is 0.733. The molecule has 0 aromatic carbocycles. The van der Waals surface area contributed by atoms with Gasteiger partial charge in [-0.15, -0.1) is 12.3 Å². The first-order valence-electron chi connectivity index (χ1n) is 3.20. The van der Waals surface area contributed by atoms with E-state index in [0.29, 0.717) is 0 Å². The highest BCUT2D eigenvalue weighted by Gasteiger charge is 2.30. The summed E-state index contributed by atoms with van der Waals surface area (Å²) in [6, 6.07) is 0. The van der Waals surface area contributed by atoms with Crippen molar-refractivity contribution in [3.63, 3.8) is 0 Å². The zero-order chi connectivity index (χ0) is 8.91. The average Bonchev–Trinajstić information content (AvgIpc) is 1.84. The molecule has 0 aliphatic heterocycles. The minimum Gasteiger partial charge on any atom is -0.330 e. The topological polar surface area (TPSA) is 26.0 Å². The molecule has 0 saturated heterocycles. The second kappa shape index (κ2) is 4.24. The number of terminal acetylenes is 1. The van der Waals surface area contributed by atoms with E-state index >= 15 is 0 Å². The molecule has 4 heteroatoms. The van der Waals surface area contributed by atoms with Gasteiger partial charge in [0.2, 0.25) is 0 Å². The van der Waals surface area contributed by atoms with Crippen molar-refractivity contribution in [2.24, 2.45) is 11.7 Å². The van der Waals surface area contributed by atoms with Gasteiger partial charge in [-0.25, -0.2) is 0 Å². The van der Waals surface area contributed by atoms with E-state index in [9.17, 15) is 13.2 Å². The van der Waals surface area contributed by atoms with Crippen LogP contribution in [0, 0.1) is 18.3 Å². The Morgan fingerprint density at radius 3 is 2.27 bits per heavy atom. The van der Waals surface area contributed by atoms with Crippen molar-refractivity contribution >= 4 is 0 Å². The molecule has 2 N–H and O–H groups in total. The maximum absolute atomic E-state index is 11.7. The van der Waals surface area contributed by atoms with Crippen LogP contribution in [0.15, 0.2) is 0 Å². The number of hydrogen-bond acceptors (Lipinski definition) is 1. The molecular formula is C7H10F3N. The predicted octanol–water partition coefficient (Wildman–Crippen LogP) is 1.54. The van der Waals surface area contributed by atoms with E-state index in [4.69, 9.17) is 12.2 Å². The van der Waals surface area contributed by atoms with E-state index in [1.54, 1.807) is 0 Å². The molecule has 0 aromatic heterocycles. The fraction of sp³-hybridized carbons (Fsp3) is 0.714. The summed E-state index contributed by atoms with van der Waals surface area (Å²) >= 11 is 0. The molecule has 0 heterocycles. The van der Waals surface area contributed by atoms with Gasteiger partial charge in [-0.2, -0.15) is 13.2 Å². The van der Waals surface area contributed by atoms with E-state index in [2.05, 4.69) is 5.92 Å². The molecule has 0 aliphatic rings. The van der Waals surface area contributed by atoms with Gasteiger partial charge in [0.05, 0.1) is 0 Å². The van der Waals surface area contributed by atoms with Gasteiger partial charge in [0.1, 0.15) is 0 Å². The number of halogens is 3. The molecule has 11 heavy (non-hydrogen) atoms. The van der Waals surface area contributed by atoms with Crippen molar-refractivity contribution in [2.75, 3.05) is 6.54 Å². The van der Waals surface area contributed by atoms with Crippen molar-refractivity contribution in [2.45, 2.75) is 19.0 Å². The molecule has 0 aliphatic carbocycles. The van der Waals surface area contributed by atoms with E-state index in [0.717, 1.165) is 0 Å². The Bertz CT molecular complexity index is 145. The van der Waals surface area contributed by atoms with Crippen LogP contribution in [0.4, 0.5) is 13.2 Å². The smallest absolute Gasteiger partial charge is 0.330 e. The first-order chi connectivity index (χ1) is 4.99. The molecule has 0 bridgehead atoms. The minimum absolute atomic E-state index is 0.0102. The highest BCUT2D eigenvalue weighted by molar-refractivity contribution is 4.87.